The van der Waals surface area contributed by atoms with E-state index in [1.807, 2.05) is 35.2 Å². The zero-order chi connectivity index (χ0) is 20.7. The second kappa shape index (κ2) is 9.84. The molecule has 0 aliphatic carbocycles. The molecule has 1 fully saturated rings. The van der Waals surface area contributed by atoms with E-state index in [1.54, 1.807) is 18.2 Å². The van der Waals surface area contributed by atoms with Gasteiger partial charge >= 0.3 is 0 Å². The van der Waals surface area contributed by atoms with Gasteiger partial charge in [0.1, 0.15) is 5.82 Å². The molecule has 0 spiro atoms. The fourth-order valence-corrected chi connectivity index (χ4v) is 4.69. The number of rotatable bonds is 8. The molecule has 1 aliphatic rings. The van der Waals surface area contributed by atoms with Crippen LogP contribution in [0.1, 0.15) is 12.0 Å². The van der Waals surface area contributed by atoms with E-state index in [9.17, 15) is 17.6 Å². The van der Waals surface area contributed by atoms with Gasteiger partial charge in [0.2, 0.25) is 15.9 Å². The van der Waals surface area contributed by atoms with Crippen LogP contribution in [0.25, 0.3) is 0 Å². The molecule has 2 aromatic rings. The lowest BCUT2D eigenvalue weighted by atomic mass is 10.1. The molecule has 1 amide bonds. The van der Waals surface area contributed by atoms with Gasteiger partial charge in [-0.3, -0.25) is 4.79 Å². The zero-order valence-electron chi connectivity index (χ0n) is 16.3. The molecule has 0 atom stereocenters. The third kappa shape index (κ3) is 6.01. The van der Waals surface area contributed by atoms with Crippen LogP contribution < -0.4 is 10.2 Å². The average molecular weight is 420 g/mol. The second-order valence-corrected chi connectivity index (χ2v) is 9.08. The van der Waals surface area contributed by atoms with Crippen LogP contribution in [-0.2, 0) is 21.2 Å². The van der Waals surface area contributed by atoms with Crippen molar-refractivity contribution in [1.29, 1.82) is 0 Å². The highest BCUT2D eigenvalue weighted by Crippen LogP contribution is 2.21. The minimum atomic E-state index is -3.46. The summed E-state index contributed by atoms with van der Waals surface area (Å²) in [5, 5.41) is 2.69. The highest BCUT2D eigenvalue weighted by Gasteiger charge is 2.27. The Morgan fingerprint density at radius 3 is 2.31 bits per heavy atom. The van der Waals surface area contributed by atoms with Gasteiger partial charge in [-0.1, -0.05) is 42.5 Å². The van der Waals surface area contributed by atoms with E-state index in [0.29, 0.717) is 44.7 Å². The van der Waals surface area contributed by atoms with Gasteiger partial charge in [0.05, 0.1) is 11.4 Å². The molecule has 0 saturated carbocycles. The summed E-state index contributed by atoms with van der Waals surface area (Å²) in [5.74, 6) is -0.598. The molecule has 6 nitrogen and oxygen atoms in total. The zero-order valence-corrected chi connectivity index (χ0v) is 17.1. The summed E-state index contributed by atoms with van der Waals surface area (Å²) >= 11 is 0. The number of benzene rings is 2. The standard InChI is InChI=1S/C21H26FN3O3S/c22-19-8-4-5-9-20(19)24-13-15-25(16-14-24)29(27,28)17-12-23-21(26)11-10-18-6-2-1-3-7-18/h1-9H,10-17H2,(H,23,26). The first-order chi connectivity index (χ1) is 14.0. The van der Waals surface area contributed by atoms with Crippen molar-refractivity contribution in [2.75, 3.05) is 43.4 Å². The Balaban J connectivity index is 1.41. The predicted octanol–water partition coefficient (Wildman–Crippen LogP) is 2.03. The molecule has 2 aromatic carbocycles. The predicted molar refractivity (Wildman–Crippen MR) is 112 cm³/mol. The van der Waals surface area contributed by atoms with Gasteiger partial charge in [0.15, 0.2) is 0 Å². The lowest BCUT2D eigenvalue weighted by Crippen LogP contribution is -2.50. The van der Waals surface area contributed by atoms with Crippen molar-refractivity contribution < 1.29 is 17.6 Å². The van der Waals surface area contributed by atoms with E-state index in [-0.39, 0.29) is 24.0 Å². The van der Waals surface area contributed by atoms with Gasteiger partial charge in [-0.2, -0.15) is 4.31 Å². The van der Waals surface area contributed by atoms with Crippen molar-refractivity contribution in [1.82, 2.24) is 9.62 Å². The number of nitrogens with one attached hydrogen (secondary N) is 1. The van der Waals surface area contributed by atoms with E-state index in [4.69, 9.17) is 0 Å². The maximum atomic E-state index is 13.9. The van der Waals surface area contributed by atoms with Crippen LogP contribution in [0.15, 0.2) is 54.6 Å². The highest BCUT2D eigenvalue weighted by atomic mass is 32.2. The number of anilines is 1. The van der Waals surface area contributed by atoms with E-state index >= 15 is 0 Å². The van der Waals surface area contributed by atoms with Crippen molar-refractivity contribution in [2.45, 2.75) is 12.8 Å². The van der Waals surface area contributed by atoms with E-state index < -0.39 is 10.0 Å². The number of amides is 1. The van der Waals surface area contributed by atoms with E-state index in [2.05, 4.69) is 5.32 Å². The van der Waals surface area contributed by atoms with Crippen molar-refractivity contribution in [3.63, 3.8) is 0 Å². The quantitative estimate of drug-likeness (QED) is 0.711. The number of nitrogens with zero attached hydrogens (tertiary/aromatic N) is 2. The highest BCUT2D eigenvalue weighted by molar-refractivity contribution is 7.89. The maximum Gasteiger partial charge on any atom is 0.220 e. The number of hydrogen-bond donors (Lipinski definition) is 1. The van der Waals surface area contributed by atoms with Gasteiger partial charge in [0.25, 0.3) is 0 Å². The lowest BCUT2D eigenvalue weighted by molar-refractivity contribution is -0.120. The number of para-hydroxylation sites is 1. The molecule has 0 bridgehead atoms. The van der Waals surface area contributed by atoms with Gasteiger partial charge in [-0.15, -0.1) is 0 Å². The summed E-state index contributed by atoms with van der Waals surface area (Å²) in [6.07, 6.45) is 0.947. The number of carbonyl (C=O) groups is 1. The third-order valence-corrected chi connectivity index (χ3v) is 6.86. The molecule has 156 valence electrons. The average Bonchev–Trinajstić information content (AvgIpc) is 2.73. The summed E-state index contributed by atoms with van der Waals surface area (Å²) < 4.78 is 40.4. The minimum Gasteiger partial charge on any atom is -0.367 e. The first-order valence-corrected chi connectivity index (χ1v) is 11.3. The fraction of sp³-hybridized carbons (Fsp3) is 0.381. The van der Waals surface area contributed by atoms with Crippen molar-refractivity contribution in [3.8, 4) is 0 Å². The van der Waals surface area contributed by atoms with Crippen LogP contribution in [0.4, 0.5) is 10.1 Å². The Kier molecular flexibility index (Phi) is 7.22. The first-order valence-electron chi connectivity index (χ1n) is 9.73. The largest absolute Gasteiger partial charge is 0.367 e. The molecule has 8 heteroatoms. The smallest absolute Gasteiger partial charge is 0.220 e. The van der Waals surface area contributed by atoms with E-state index in [1.165, 1.54) is 10.4 Å². The molecule has 0 aromatic heterocycles. The minimum absolute atomic E-state index is 0.0868. The second-order valence-electron chi connectivity index (χ2n) is 6.99. The Labute approximate surface area is 171 Å². The van der Waals surface area contributed by atoms with Crippen LogP contribution in [-0.4, -0.2) is 57.1 Å². The number of sulfonamides is 1. The normalized spacial score (nSPS) is 15.3. The molecular formula is C21H26FN3O3S. The Bertz CT molecular complexity index is 914. The number of halogens is 1. The number of piperazine rings is 1. The monoisotopic (exact) mass is 419 g/mol. The van der Waals surface area contributed by atoms with Crippen molar-refractivity contribution in [3.05, 3.63) is 66.0 Å². The number of hydrogen-bond acceptors (Lipinski definition) is 4. The third-order valence-electron chi connectivity index (χ3n) is 4.99. The summed E-state index contributed by atoms with van der Waals surface area (Å²) in [7, 11) is -3.46. The Morgan fingerprint density at radius 1 is 0.966 bits per heavy atom. The Morgan fingerprint density at radius 2 is 1.62 bits per heavy atom. The fourth-order valence-electron chi connectivity index (χ4n) is 3.35. The molecule has 1 aliphatic heterocycles. The van der Waals surface area contributed by atoms with Crippen LogP contribution in [0, 0.1) is 5.82 Å². The molecular weight excluding hydrogens is 393 g/mol. The molecule has 29 heavy (non-hydrogen) atoms. The molecule has 1 heterocycles. The molecule has 0 radical (unpaired) electrons. The number of aryl methyl sites for hydroxylation is 1. The lowest BCUT2D eigenvalue weighted by Gasteiger charge is -2.35. The maximum absolute atomic E-state index is 13.9. The van der Waals surface area contributed by atoms with Crippen LogP contribution in [0.5, 0.6) is 0 Å². The Hall–Kier alpha value is -2.45. The van der Waals surface area contributed by atoms with Crippen molar-refractivity contribution in [2.24, 2.45) is 0 Å². The van der Waals surface area contributed by atoms with Gasteiger partial charge in [-0.25, -0.2) is 12.8 Å². The van der Waals surface area contributed by atoms with Crippen LogP contribution >= 0.6 is 0 Å². The SMILES string of the molecule is O=C(CCc1ccccc1)NCCS(=O)(=O)N1CCN(c2ccccc2F)CC1. The van der Waals surface area contributed by atoms with Gasteiger partial charge in [-0.05, 0) is 24.1 Å². The first kappa shape index (κ1) is 21.3. The summed E-state index contributed by atoms with van der Waals surface area (Å²) in [4.78, 5) is 13.8. The van der Waals surface area contributed by atoms with Crippen LogP contribution in [0.2, 0.25) is 0 Å². The summed E-state index contributed by atoms with van der Waals surface area (Å²) in [5.41, 5.74) is 1.57. The molecule has 1 saturated heterocycles. The van der Waals surface area contributed by atoms with Crippen LogP contribution in [0.3, 0.4) is 0 Å². The molecule has 0 unspecified atom stereocenters. The molecule has 3 rings (SSSR count). The number of carbonyl (C=O) groups excluding carboxylic acids is 1. The van der Waals surface area contributed by atoms with Gasteiger partial charge < -0.3 is 10.2 Å². The van der Waals surface area contributed by atoms with Crippen molar-refractivity contribution >= 4 is 21.6 Å². The topological polar surface area (TPSA) is 69.7 Å². The summed E-state index contributed by atoms with van der Waals surface area (Å²) in [6.45, 7) is 1.56. The molecule has 1 N–H and O–H groups in total. The summed E-state index contributed by atoms with van der Waals surface area (Å²) in [6, 6.07) is 16.2. The van der Waals surface area contributed by atoms with Gasteiger partial charge in [0, 0.05) is 39.1 Å². The van der Waals surface area contributed by atoms with E-state index in [0.717, 1.165) is 5.56 Å².